The van der Waals surface area contributed by atoms with Crippen LogP contribution in [0.25, 0.3) is 0 Å². The van der Waals surface area contributed by atoms with E-state index in [-0.39, 0.29) is 18.3 Å². The van der Waals surface area contributed by atoms with Gasteiger partial charge in [0.15, 0.2) is 0 Å². The second kappa shape index (κ2) is 7.18. The Morgan fingerprint density at radius 1 is 1.25 bits per heavy atom. The first-order chi connectivity index (χ1) is 11.6. The molecule has 1 aromatic heterocycles. The standard InChI is InChI=1S/C19H22FNO3/c20-15-7-5-14(6-8-15)17(12-16-4-3-11-24-16)18(22)21-13-19(23)9-1-2-10-19/h3-8,11,17,23H,1-2,9-10,12-13H2,(H,21,22). The smallest absolute Gasteiger partial charge is 0.228 e. The molecule has 0 aliphatic heterocycles. The molecule has 2 aromatic rings. The Kier molecular flexibility index (Phi) is 5.00. The summed E-state index contributed by atoms with van der Waals surface area (Å²) >= 11 is 0. The maximum Gasteiger partial charge on any atom is 0.228 e. The van der Waals surface area contributed by atoms with Crippen molar-refractivity contribution in [3.8, 4) is 0 Å². The van der Waals surface area contributed by atoms with Crippen molar-refractivity contribution < 1.29 is 18.7 Å². The molecule has 24 heavy (non-hydrogen) atoms. The lowest BCUT2D eigenvalue weighted by Gasteiger charge is -2.24. The third-order valence-corrected chi connectivity index (χ3v) is 4.70. The molecule has 1 heterocycles. The number of aliphatic hydroxyl groups is 1. The zero-order valence-corrected chi connectivity index (χ0v) is 13.5. The summed E-state index contributed by atoms with van der Waals surface area (Å²) in [5.74, 6) is -0.310. The molecule has 2 N–H and O–H groups in total. The summed E-state index contributed by atoms with van der Waals surface area (Å²) in [5, 5.41) is 13.3. The average molecular weight is 331 g/mol. The second-order valence-electron chi connectivity index (χ2n) is 6.54. The molecule has 0 spiro atoms. The topological polar surface area (TPSA) is 62.5 Å². The zero-order valence-electron chi connectivity index (χ0n) is 13.5. The van der Waals surface area contributed by atoms with E-state index in [9.17, 15) is 14.3 Å². The van der Waals surface area contributed by atoms with Gasteiger partial charge in [0, 0.05) is 13.0 Å². The summed E-state index contributed by atoms with van der Waals surface area (Å²) in [5.41, 5.74) is -0.0723. The van der Waals surface area contributed by atoms with E-state index < -0.39 is 11.5 Å². The molecule has 0 radical (unpaired) electrons. The van der Waals surface area contributed by atoms with E-state index in [1.807, 2.05) is 6.07 Å². The van der Waals surface area contributed by atoms with Crippen LogP contribution >= 0.6 is 0 Å². The molecule has 5 heteroatoms. The van der Waals surface area contributed by atoms with Gasteiger partial charge in [-0.15, -0.1) is 0 Å². The second-order valence-corrected chi connectivity index (χ2v) is 6.54. The van der Waals surface area contributed by atoms with E-state index in [0.29, 0.717) is 25.0 Å². The highest BCUT2D eigenvalue weighted by Crippen LogP contribution is 2.29. The Hall–Kier alpha value is -2.14. The van der Waals surface area contributed by atoms with E-state index >= 15 is 0 Å². The summed E-state index contributed by atoms with van der Waals surface area (Å²) in [7, 11) is 0. The van der Waals surface area contributed by atoms with Gasteiger partial charge in [-0.2, -0.15) is 0 Å². The van der Waals surface area contributed by atoms with Gasteiger partial charge in [-0.05, 0) is 42.7 Å². The van der Waals surface area contributed by atoms with Crippen molar-refractivity contribution in [2.45, 2.75) is 43.6 Å². The van der Waals surface area contributed by atoms with Crippen molar-refractivity contribution in [2.24, 2.45) is 0 Å². The van der Waals surface area contributed by atoms with Crippen molar-refractivity contribution in [3.05, 3.63) is 59.8 Å². The van der Waals surface area contributed by atoms with Crippen LogP contribution in [0.1, 0.15) is 42.9 Å². The van der Waals surface area contributed by atoms with Gasteiger partial charge in [-0.3, -0.25) is 4.79 Å². The maximum atomic E-state index is 13.2. The summed E-state index contributed by atoms with van der Waals surface area (Å²) < 4.78 is 18.5. The SMILES string of the molecule is O=C(NCC1(O)CCCC1)C(Cc1ccco1)c1ccc(F)cc1. The maximum absolute atomic E-state index is 13.2. The molecule has 1 aliphatic rings. The number of benzene rings is 1. The van der Waals surface area contributed by atoms with Crippen LogP contribution in [0.3, 0.4) is 0 Å². The third kappa shape index (κ3) is 4.03. The lowest BCUT2D eigenvalue weighted by molar-refractivity contribution is -0.123. The van der Waals surface area contributed by atoms with Crippen molar-refractivity contribution in [1.82, 2.24) is 5.32 Å². The van der Waals surface area contributed by atoms with Crippen molar-refractivity contribution in [2.75, 3.05) is 6.54 Å². The molecular weight excluding hydrogens is 309 g/mol. The van der Waals surface area contributed by atoms with Crippen LogP contribution in [-0.2, 0) is 11.2 Å². The lowest BCUT2D eigenvalue weighted by Crippen LogP contribution is -2.42. The number of nitrogens with one attached hydrogen (secondary N) is 1. The zero-order chi connectivity index (χ0) is 17.0. The van der Waals surface area contributed by atoms with Gasteiger partial charge in [0.2, 0.25) is 5.91 Å². The molecule has 1 fully saturated rings. The predicted molar refractivity (Wildman–Crippen MR) is 88.0 cm³/mol. The van der Waals surface area contributed by atoms with Gasteiger partial charge in [0.05, 0.1) is 17.8 Å². The van der Waals surface area contributed by atoms with Crippen molar-refractivity contribution >= 4 is 5.91 Å². The van der Waals surface area contributed by atoms with Crippen LogP contribution in [0.2, 0.25) is 0 Å². The summed E-state index contributed by atoms with van der Waals surface area (Å²) in [6.07, 6.45) is 5.36. The first kappa shape index (κ1) is 16.7. The van der Waals surface area contributed by atoms with Crippen LogP contribution < -0.4 is 5.32 Å². The fourth-order valence-electron chi connectivity index (χ4n) is 3.27. The highest BCUT2D eigenvalue weighted by molar-refractivity contribution is 5.84. The highest BCUT2D eigenvalue weighted by atomic mass is 19.1. The van der Waals surface area contributed by atoms with Crippen LogP contribution in [0.4, 0.5) is 4.39 Å². The van der Waals surface area contributed by atoms with Crippen LogP contribution in [0, 0.1) is 5.82 Å². The number of carbonyl (C=O) groups is 1. The minimum absolute atomic E-state index is 0.182. The Bertz CT molecular complexity index is 660. The number of hydrogen-bond donors (Lipinski definition) is 2. The third-order valence-electron chi connectivity index (χ3n) is 4.70. The molecular formula is C19H22FNO3. The number of hydrogen-bond acceptors (Lipinski definition) is 3. The molecule has 1 amide bonds. The first-order valence-corrected chi connectivity index (χ1v) is 8.34. The monoisotopic (exact) mass is 331 g/mol. The van der Waals surface area contributed by atoms with E-state index in [1.165, 1.54) is 12.1 Å². The largest absolute Gasteiger partial charge is 0.469 e. The Balaban J connectivity index is 1.73. The minimum atomic E-state index is -0.798. The Morgan fingerprint density at radius 3 is 2.58 bits per heavy atom. The van der Waals surface area contributed by atoms with E-state index in [1.54, 1.807) is 24.5 Å². The van der Waals surface area contributed by atoms with Gasteiger partial charge in [0.1, 0.15) is 11.6 Å². The number of rotatable bonds is 6. The molecule has 128 valence electrons. The molecule has 1 aromatic carbocycles. The van der Waals surface area contributed by atoms with E-state index in [0.717, 1.165) is 18.4 Å². The fourth-order valence-corrected chi connectivity index (χ4v) is 3.27. The Labute approximate surface area is 140 Å². The van der Waals surface area contributed by atoms with Crippen LogP contribution in [0.5, 0.6) is 0 Å². The van der Waals surface area contributed by atoms with Crippen LogP contribution in [0.15, 0.2) is 47.1 Å². The van der Waals surface area contributed by atoms with Gasteiger partial charge in [-0.25, -0.2) is 4.39 Å². The average Bonchev–Trinajstić information content (AvgIpc) is 3.24. The van der Waals surface area contributed by atoms with Crippen molar-refractivity contribution in [1.29, 1.82) is 0 Å². The molecule has 1 aliphatic carbocycles. The quantitative estimate of drug-likeness (QED) is 0.855. The van der Waals surface area contributed by atoms with E-state index in [4.69, 9.17) is 4.42 Å². The number of halogens is 1. The number of furan rings is 1. The molecule has 1 saturated carbocycles. The van der Waals surface area contributed by atoms with Gasteiger partial charge in [0.25, 0.3) is 0 Å². The number of carbonyl (C=O) groups excluding carboxylic acids is 1. The summed E-state index contributed by atoms with van der Waals surface area (Å²) in [6.45, 7) is 0.252. The van der Waals surface area contributed by atoms with E-state index in [2.05, 4.69) is 5.32 Å². The number of amides is 1. The normalized spacial score (nSPS) is 17.6. The van der Waals surface area contributed by atoms with Gasteiger partial charge in [-0.1, -0.05) is 25.0 Å². The molecule has 1 unspecified atom stereocenters. The minimum Gasteiger partial charge on any atom is -0.469 e. The van der Waals surface area contributed by atoms with Crippen LogP contribution in [-0.4, -0.2) is 23.2 Å². The van der Waals surface area contributed by atoms with Gasteiger partial charge < -0.3 is 14.8 Å². The highest BCUT2D eigenvalue weighted by Gasteiger charge is 2.32. The molecule has 3 rings (SSSR count). The Morgan fingerprint density at radius 2 is 1.96 bits per heavy atom. The molecule has 0 bridgehead atoms. The molecule has 0 saturated heterocycles. The molecule has 4 nitrogen and oxygen atoms in total. The molecule has 1 atom stereocenters. The fraction of sp³-hybridized carbons (Fsp3) is 0.421. The lowest BCUT2D eigenvalue weighted by atomic mass is 9.93. The van der Waals surface area contributed by atoms with Crippen molar-refractivity contribution in [3.63, 3.8) is 0 Å². The first-order valence-electron chi connectivity index (χ1n) is 8.34. The summed E-state index contributed by atoms with van der Waals surface area (Å²) in [6, 6.07) is 9.52. The van der Waals surface area contributed by atoms with Gasteiger partial charge >= 0.3 is 0 Å². The predicted octanol–water partition coefficient (Wildman–Crippen LogP) is 3.17. The summed E-state index contributed by atoms with van der Waals surface area (Å²) in [4.78, 5) is 12.7.